The average molecular weight is 313 g/mol. The molecule has 4 rings (SSSR count). The van der Waals surface area contributed by atoms with E-state index in [0.717, 1.165) is 35.5 Å². The van der Waals surface area contributed by atoms with E-state index in [1.165, 1.54) is 19.3 Å². The lowest BCUT2D eigenvalue weighted by Crippen LogP contribution is -2.30. The van der Waals surface area contributed by atoms with Gasteiger partial charge in [0, 0.05) is 42.0 Å². The highest BCUT2D eigenvalue weighted by molar-refractivity contribution is 6.31. The topological polar surface area (TPSA) is 34.0 Å². The SMILES string of the molecule is Clc1ccc2c(-n3ccnc3)cc(N3CCCCC3)nc2c1. The van der Waals surface area contributed by atoms with Crippen molar-refractivity contribution in [3.05, 3.63) is 48.0 Å². The van der Waals surface area contributed by atoms with Gasteiger partial charge in [0.25, 0.3) is 0 Å². The monoisotopic (exact) mass is 312 g/mol. The third kappa shape index (κ3) is 2.44. The van der Waals surface area contributed by atoms with Crippen molar-refractivity contribution in [2.24, 2.45) is 0 Å². The van der Waals surface area contributed by atoms with E-state index < -0.39 is 0 Å². The van der Waals surface area contributed by atoms with Gasteiger partial charge < -0.3 is 9.47 Å². The molecular formula is C17H17ClN4. The lowest BCUT2D eigenvalue weighted by molar-refractivity contribution is 0.574. The van der Waals surface area contributed by atoms with Crippen molar-refractivity contribution in [3.8, 4) is 5.69 Å². The zero-order valence-electron chi connectivity index (χ0n) is 12.2. The minimum atomic E-state index is 0.715. The molecule has 22 heavy (non-hydrogen) atoms. The second-order valence-corrected chi connectivity index (χ2v) is 6.12. The standard InChI is InChI=1S/C17H17ClN4/c18-13-4-5-14-15(10-13)20-17(21-7-2-1-3-8-21)11-16(14)22-9-6-19-12-22/h4-6,9-12H,1-3,7-8H2. The van der Waals surface area contributed by atoms with Gasteiger partial charge in [-0.2, -0.15) is 0 Å². The molecule has 5 heteroatoms. The van der Waals surface area contributed by atoms with Crippen LogP contribution < -0.4 is 4.90 Å². The highest BCUT2D eigenvalue weighted by Crippen LogP contribution is 2.29. The van der Waals surface area contributed by atoms with E-state index in [1.807, 2.05) is 35.3 Å². The molecule has 0 radical (unpaired) electrons. The number of fused-ring (bicyclic) bond motifs is 1. The average Bonchev–Trinajstić information content (AvgIpc) is 3.08. The van der Waals surface area contributed by atoms with Gasteiger partial charge in [0.15, 0.2) is 0 Å². The minimum Gasteiger partial charge on any atom is -0.357 e. The van der Waals surface area contributed by atoms with Gasteiger partial charge >= 0.3 is 0 Å². The van der Waals surface area contributed by atoms with Crippen LogP contribution in [0.4, 0.5) is 5.82 Å². The Bertz CT molecular complexity index is 792. The van der Waals surface area contributed by atoms with E-state index in [-0.39, 0.29) is 0 Å². The molecule has 3 heterocycles. The number of benzene rings is 1. The van der Waals surface area contributed by atoms with Gasteiger partial charge in [-0.3, -0.25) is 0 Å². The van der Waals surface area contributed by atoms with Crippen molar-refractivity contribution in [2.75, 3.05) is 18.0 Å². The normalized spacial score (nSPS) is 15.4. The molecule has 3 aromatic rings. The summed E-state index contributed by atoms with van der Waals surface area (Å²) in [7, 11) is 0. The molecule has 1 fully saturated rings. The number of aromatic nitrogens is 3. The van der Waals surface area contributed by atoms with Crippen molar-refractivity contribution in [3.63, 3.8) is 0 Å². The Kier molecular flexibility index (Phi) is 3.47. The maximum Gasteiger partial charge on any atom is 0.131 e. The van der Waals surface area contributed by atoms with Crippen LogP contribution in [0.3, 0.4) is 0 Å². The van der Waals surface area contributed by atoms with Crippen molar-refractivity contribution in [1.29, 1.82) is 0 Å². The molecular weight excluding hydrogens is 296 g/mol. The third-order valence-electron chi connectivity index (χ3n) is 4.20. The summed E-state index contributed by atoms with van der Waals surface area (Å²) in [5.74, 6) is 1.03. The molecule has 0 bridgehead atoms. The summed E-state index contributed by atoms with van der Waals surface area (Å²) in [5.41, 5.74) is 2.03. The summed E-state index contributed by atoms with van der Waals surface area (Å²) in [6, 6.07) is 8.03. The number of anilines is 1. The van der Waals surface area contributed by atoms with E-state index in [2.05, 4.69) is 16.0 Å². The first-order chi connectivity index (χ1) is 10.8. The quantitative estimate of drug-likeness (QED) is 0.715. The maximum absolute atomic E-state index is 6.16. The summed E-state index contributed by atoms with van der Waals surface area (Å²) in [6.45, 7) is 2.14. The second kappa shape index (κ2) is 5.61. The fraction of sp³-hybridized carbons (Fsp3) is 0.294. The summed E-state index contributed by atoms with van der Waals surface area (Å²) < 4.78 is 2.03. The fourth-order valence-corrected chi connectivity index (χ4v) is 3.24. The van der Waals surface area contributed by atoms with Gasteiger partial charge in [-0.05, 0) is 37.5 Å². The first-order valence-corrected chi connectivity index (χ1v) is 8.03. The lowest BCUT2D eigenvalue weighted by atomic mass is 10.1. The Morgan fingerprint density at radius 2 is 1.91 bits per heavy atom. The largest absolute Gasteiger partial charge is 0.357 e. The summed E-state index contributed by atoms with van der Waals surface area (Å²) in [4.78, 5) is 11.4. The third-order valence-corrected chi connectivity index (χ3v) is 4.43. The molecule has 1 aliphatic rings. The first kappa shape index (κ1) is 13.6. The zero-order valence-corrected chi connectivity index (χ0v) is 13.0. The molecule has 0 amide bonds. The van der Waals surface area contributed by atoms with Crippen LogP contribution >= 0.6 is 11.6 Å². The van der Waals surface area contributed by atoms with Gasteiger partial charge in [0.2, 0.25) is 0 Å². The molecule has 1 aliphatic heterocycles. The van der Waals surface area contributed by atoms with E-state index >= 15 is 0 Å². The Hall–Kier alpha value is -2.07. The van der Waals surface area contributed by atoms with Crippen LogP contribution in [0.5, 0.6) is 0 Å². The van der Waals surface area contributed by atoms with E-state index in [9.17, 15) is 0 Å². The zero-order chi connectivity index (χ0) is 14.9. The minimum absolute atomic E-state index is 0.715. The number of rotatable bonds is 2. The van der Waals surface area contributed by atoms with Crippen molar-refractivity contribution < 1.29 is 0 Å². The number of pyridine rings is 1. The fourth-order valence-electron chi connectivity index (χ4n) is 3.07. The van der Waals surface area contributed by atoms with Crippen molar-refractivity contribution in [1.82, 2.24) is 14.5 Å². The van der Waals surface area contributed by atoms with Crippen LogP contribution in [0.15, 0.2) is 43.0 Å². The number of nitrogens with zero attached hydrogens (tertiary/aromatic N) is 4. The van der Waals surface area contributed by atoms with Crippen LogP contribution in [0.1, 0.15) is 19.3 Å². The Labute approximate surface area is 134 Å². The predicted octanol–water partition coefficient (Wildman–Crippen LogP) is 4.06. The Morgan fingerprint density at radius 3 is 2.68 bits per heavy atom. The summed E-state index contributed by atoms with van der Waals surface area (Å²) >= 11 is 6.16. The molecule has 0 saturated carbocycles. The second-order valence-electron chi connectivity index (χ2n) is 5.68. The van der Waals surface area contributed by atoms with Crippen LogP contribution in [0.25, 0.3) is 16.6 Å². The number of halogens is 1. The lowest BCUT2D eigenvalue weighted by Gasteiger charge is -2.28. The van der Waals surface area contributed by atoms with Crippen LogP contribution in [0.2, 0.25) is 5.02 Å². The van der Waals surface area contributed by atoms with Gasteiger partial charge in [-0.1, -0.05) is 11.6 Å². The first-order valence-electron chi connectivity index (χ1n) is 7.65. The molecule has 0 aliphatic carbocycles. The number of hydrogen-bond donors (Lipinski definition) is 0. The van der Waals surface area contributed by atoms with E-state index in [0.29, 0.717) is 5.02 Å². The smallest absolute Gasteiger partial charge is 0.131 e. The molecule has 1 saturated heterocycles. The molecule has 1 aromatic carbocycles. The number of hydrogen-bond acceptors (Lipinski definition) is 3. The molecule has 112 valence electrons. The van der Waals surface area contributed by atoms with Crippen molar-refractivity contribution >= 4 is 28.3 Å². The number of imidazole rings is 1. The van der Waals surface area contributed by atoms with Crippen LogP contribution in [-0.4, -0.2) is 27.6 Å². The molecule has 4 nitrogen and oxygen atoms in total. The Balaban J connectivity index is 1.91. The van der Waals surface area contributed by atoms with Gasteiger partial charge in [-0.25, -0.2) is 9.97 Å². The molecule has 2 aromatic heterocycles. The van der Waals surface area contributed by atoms with Crippen LogP contribution in [-0.2, 0) is 0 Å². The Morgan fingerprint density at radius 1 is 1.05 bits per heavy atom. The van der Waals surface area contributed by atoms with E-state index in [4.69, 9.17) is 16.6 Å². The molecule has 0 spiro atoms. The highest BCUT2D eigenvalue weighted by atomic mass is 35.5. The summed E-state index contributed by atoms with van der Waals surface area (Å²) in [6.07, 6.45) is 9.35. The maximum atomic E-state index is 6.16. The molecule has 0 N–H and O–H groups in total. The molecule has 0 atom stereocenters. The van der Waals surface area contributed by atoms with Gasteiger partial charge in [-0.15, -0.1) is 0 Å². The van der Waals surface area contributed by atoms with Gasteiger partial charge in [0.05, 0.1) is 17.5 Å². The molecule has 0 unspecified atom stereocenters. The number of piperidine rings is 1. The summed E-state index contributed by atoms with van der Waals surface area (Å²) in [5, 5.41) is 1.80. The van der Waals surface area contributed by atoms with E-state index in [1.54, 1.807) is 6.20 Å². The van der Waals surface area contributed by atoms with Crippen LogP contribution in [0, 0.1) is 0 Å². The van der Waals surface area contributed by atoms with Crippen molar-refractivity contribution in [2.45, 2.75) is 19.3 Å². The predicted molar refractivity (Wildman–Crippen MR) is 89.9 cm³/mol. The highest BCUT2D eigenvalue weighted by Gasteiger charge is 2.15. The van der Waals surface area contributed by atoms with Gasteiger partial charge in [0.1, 0.15) is 5.82 Å².